The third kappa shape index (κ3) is 2.48. The molecule has 0 aromatic heterocycles. The van der Waals surface area contributed by atoms with E-state index in [0.717, 1.165) is 12.2 Å². The summed E-state index contributed by atoms with van der Waals surface area (Å²) < 4.78 is 6.66. The van der Waals surface area contributed by atoms with Crippen molar-refractivity contribution in [3.63, 3.8) is 0 Å². The maximum absolute atomic E-state index is 12.5. The van der Waals surface area contributed by atoms with Gasteiger partial charge in [-0.15, -0.1) is 0 Å². The number of Topliss-reactive ketones (excluding diaryl/α,β-unsaturated/α-hetero) is 1. The number of rotatable bonds is 2. The van der Waals surface area contributed by atoms with Gasteiger partial charge < -0.3 is 4.43 Å². The van der Waals surface area contributed by atoms with E-state index in [9.17, 15) is 4.79 Å². The summed E-state index contributed by atoms with van der Waals surface area (Å²) in [6.07, 6.45) is 3.85. The molecule has 0 radical (unpaired) electrons. The molecule has 0 heterocycles. The van der Waals surface area contributed by atoms with E-state index in [4.69, 9.17) is 4.43 Å². The standard InChI is InChI=1S/C21H30O2Si/c1-14-13-21(5)16(11-12-18(21)22)15-9-8-10-17(19(14)15)23-24(6,7)20(2,3)4/h8-10,13,16H,11-12H2,1-7H3/t16-,21-/m0/s1. The zero-order chi connectivity index (χ0) is 17.9. The van der Waals surface area contributed by atoms with Crippen molar-refractivity contribution in [2.75, 3.05) is 0 Å². The highest BCUT2D eigenvalue weighted by Gasteiger charge is 2.49. The summed E-state index contributed by atoms with van der Waals surface area (Å²) in [5, 5.41) is 0.167. The highest BCUT2D eigenvalue weighted by molar-refractivity contribution is 6.74. The van der Waals surface area contributed by atoms with Gasteiger partial charge in [0.2, 0.25) is 0 Å². The lowest BCUT2D eigenvalue weighted by atomic mass is 9.68. The smallest absolute Gasteiger partial charge is 0.250 e. The average Bonchev–Trinajstić information content (AvgIpc) is 2.73. The van der Waals surface area contributed by atoms with Crippen LogP contribution in [0.2, 0.25) is 18.1 Å². The second-order valence-electron chi connectivity index (χ2n) is 9.21. The van der Waals surface area contributed by atoms with Crippen molar-refractivity contribution in [2.45, 2.75) is 71.5 Å². The van der Waals surface area contributed by atoms with Crippen molar-refractivity contribution in [2.24, 2.45) is 5.41 Å². The third-order valence-electron chi connectivity index (χ3n) is 6.50. The first-order chi connectivity index (χ1) is 11.0. The average molecular weight is 343 g/mol. The van der Waals surface area contributed by atoms with E-state index in [-0.39, 0.29) is 10.5 Å². The fraction of sp³-hybridized carbons (Fsp3) is 0.571. The van der Waals surface area contributed by atoms with E-state index in [1.807, 2.05) is 0 Å². The zero-order valence-corrected chi connectivity index (χ0v) is 17.1. The molecule has 3 rings (SSSR count). The number of hydrogen-bond acceptors (Lipinski definition) is 2. The number of carbonyl (C=O) groups excluding carboxylic acids is 1. The lowest BCUT2D eigenvalue weighted by Crippen LogP contribution is -2.44. The molecular formula is C21H30O2Si. The Bertz CT molecular complexity index is 724. The molecule has 0 N–H and O–H groups in total. The molecule has 1 aromatic carbocycles. The molecule has 24 heavy (non-hydrogen) atoms. The molecule has 2 atom stereocenters. The third-order valence-corrected chi connectivity index (χ3v) is 10.8. The monoisotopic (exact) mass is 342 g/mol. The summed E-state index contributed by atoms with van der Waals surface area (Å²) in [6, 6.07) is 6.41. The fourth-order valence-electron chi connectivity index (χ4n) is 3.99. The van der Waals surface area contributed by atoms with Crippen LogP contribution in [0.3, 0.4) is 0 Å². The first-order valence-electron chi connectivity index (χ1n) is 9.02. The Morgan fingerprint density at radius 2 is 1.92 bits per heavy atom. The second-order valence-corrected chi connectivity index (χ2v) is 13.9. The molecule has 0 aliphatic heterocycles. The van der Waals surface area contributed by atoms with E-state index in [1.165, 1.54) is 16.7 Å². The molecule has 1 aromatic rings. The first-order valence-corrected chi connectivity index (χ1v) is 11.9. The highest BCUT2D eigenvalue weighted by atomic mass is 28.4. The van der Waals surface area contributed by atoms with E-state index in [1.54, 1.807) is 0 Å². The molecule has 130 valence electrons. The Labute approximate surface area is 147 Å². The molecule has 0 saturated heterocycles. The second kappa shape index (κ2) is 5.32. The molecule has 1 fully saturated rings. The highest BCUT2D eigenvalue weighted by Crippen LogP contribution is 2.55. The lowest BCUT2D eigenvalue weighted by molar-refractivity contribution is -0.123. The Hall–Kier alpha value is -1.35. The number of hydrogen-bond donors (Lipinski definition) is 0. The van der Waals surface area contributed by atoms with Crippen molar-refractivity contribution in [3.05, 3.63) is 35.4 Å². The van der Waals surface area contributed by atoms with Crippen molar-refractivity contribution < 1.29 is 9.22 Å². The number of benzene rings is 1. The maximum Gasteiger partial charge on any atom is 0.250 e. The Balaban J connectivity index is 2.10. The van der Waals surface area contributed by atoms with Gasteiger partial charge >= 0.3 is 0 Å². The van der Waals surface area contributed by atoms with Crippen LogP contribution in [0, 0.1) is 5.41 Å². The number of fused-ring (bicyclic) bond motifs is 3. The van der Waals surface area contributed by atoms with Crippen LogP contribution in [-0.4, -0.2) is 14.1 Å². The predicted molar refractivity (Wildman–Crippen MR) is 103 cm³/mol. The van der Waals surface area contributed by atoms with Gasteiger partial charge in [-0.05, 0) is 55.6 Å². The van der Waals surface area contributed by atoms with Crippen LogP contribution in [0.1, 0.15) is 64.5 Å². The fourth-order valence-corrected chi connectivity index (χ4v) is 5.02. The lowest BCUT2D eigenvalue weighted by Gasteiger charge is -2.39. The molecule has 0 spiro atoms. The van der Waals surface area contributed by atoms with E-state index in [0.29, 0.717) is 18.1 Å². The van der Waals surface area contributed by atoms with Crippen LogP contribution in [0.5, 0.6) is 5.75 Å². The molecule has 2 aliphatic carbocycles. The van der Waals surface area contributed by atoms with Gasteiger partial charge in [0.1, 0.15) is 11.5 Å². The van der Waals surface area contributed by atoms with Crippen LogP contribution in [0.25, 0.3) is 5.57 Å². The molecule has 1 saturated carbocycles. The quantitative estimate of drug-likeness (QED) is 0.622. The summed E-state index contributed by atoms with van der Waals surface area (Å²) >= 11 is 0. The van der Waals surface area contributed by atoms with Crippen molar-refractivity contribution in [1.82, 2.24) is 0 Å². The SMILES string of the molecule is CC1=C[C@]2(C)C(=O)CC[C@H]2c2cccc(O[Si](C)(C)C(C)(C)C)c21. The largest absolute Gasteiger partial charge is 0.543 e. The van der Waals surface area contributed by atoms with E-state index in [2.05, 4.69) is 72.0 Å². The molecule has 0 bridgehead atoms. The van der Waals surface area contributed by atoms with Gasteiger partial charge in [0.15, 0.2) is 0 Å². The first kappa shape index (κ1) is 17.5. The molecule has 2 nitrogen and oxygen atoms in total. The van der Waals surface area contributed by atoms with Gasteiger partial charge in [-0.25, -0.2) is 0 Å². The van der Waals surface area contributed by atoms with Gasteiger partial charge in [0, 0.05) is 17.9 Å². The van der Waals surface area contributed by atoms with Crippen LogP contribution in [-0.2, 0) is 4.79 Å². The summed E-state index contributed by atoms with van der Waals surface area (Å²) in [7, 11) is -1.89. The summed E-state index contributed by atoms with van der Waals surface area (Å²) in [5.41, 5.74) is 3.40. The maximum atomic E-state index is 12.5. The van der Waals surface area contributed by atoms with Crippen LogP contribution in [0.4, 0.5) is 0 Å². The van der Waals surface area contributed by atoms with Gasteiger partial charge in [0.25, 0.3) is 8.32 Å². The number of allylic oxidation sites excluding steroid dienone is 2. The Morgan fingerprint density at radius 1 is 1.25 bits per heavy atom. The Morgan fingerprint density at radius 3 is 2.54 bits per heavy atom. The molecular weight excluding hydrogens is 312 g/mol. The van der Waals surface area contributed by atoms with Crippen molar-refractivity contribution >= 4 is 19.7 Å². The van der Waals surface area contributed by atoms with E-state index >= 15 is 0 Å². The summed E-state index contributed by atoms with van der Waals surface area (Å²) in [4.78, 5) is 12.5. The van der Waals surface area contributed by atoms with Gasteiger partial charge in [-0.1, -0.05) is 39.0 Å². The summed E-state index contributed by atoms with van der Waals surface area (Å²) in [6.45, 7) is 15.6. The normalized spacial score (nSPS) is 26.7. The minimum absolute atomic E-state index is 0.167. The minimum Gasteiger partial charge on any atom is -0.543 e. The van der Waals surface area contributed by atoms with Gasteiger partial charge in [-0.2, -0.15) is 0 Å². The number of ketones is 1. The molecule has 0 unspecified atom stereocenters. The van der Waals surface area contributed by atoms with Crippen LogP contribution in [0.15, 0.2) is 24.3 Å². The van der Waals surface area contributed by atoms with Gasteiger partial charge in [0.05, 0.1) is 5.41 Å². The summed E-state index contributed by atoms with van der Waals surface area (Å²) in [5.74, 6) is 1.69. The zero-order valence-electron chi connectivity index (χ0n) is 16.1. The van der Waals surface area contributed by atoms with Crippen LogP contribution < -0.4 is 4.43 Å². The van der Waals surface area contributed by atoms with E-state index < -0.39 is 8.32 Å². The molecule has 3 heteroatoms. The van der Waals surface area contributed by atoms with Gasteiger partial charge in [-0.3, -0.25) is 4.79 Å². The van der Waals surface area contributed by atoms with Crippen LogP contribution >= 0.6 is 0 Å². The number of carbonyl (C=O) groups is 1. The van der Waals surface area contributed by atoms with Crippen molar-refractivity contribution in [3.8, 4) is 5.75 Å². The minimum atomic E-state index is -1.89. The Kier molecular flexibility index (Phi) is 3.87. The predicted octanol–water partition coefficient (Wildman–Crippen LogP) is 5.94. The molecule has 2 aliphatic rings. The van der Waals surface area contributed by atoms with Crippen molar-refractivity contribution in [1.29, 1.82) is 0 Å². The molecule has 0 amide bonds. The topological polar surface area (TPSA) is 26.3 Å².